The van der Waals surface area contributed by atoms with Crippen LogP contribution in [0, 0.1) is 5.92 Å². The first kappa shape index (κ1) is 85.8. The number of carbonyl (C=O) groups is 10. The molecule has 4 aliphatic carbocycles. The number of allylic oxidation sites excluding steroid dienone is 3. The third kappa shape index (κ3) is 18.0. The number of amides is 5. The average molecular weight is 1730 g/mol. The van der Waals surface area contributed by atoms with Gasteiger partial charge in [-0.15, -0.1) is 52.6 Å². The van der Waals surface area contributed by atoms with Gasteiger partial charge < -0.3 is 104 Å². The van der Waals surface area contributed by atoms with Gasteiger partial charge in [0.15, 0.2) is 10.9 Å². The predicted molar refractivity (Wildman–Crippen MR) is 428 cm³/mol. The number of β-lactam (4-membered cyclic amide) rings is 1. The summed E-state index contributed by atoms with van der Waals surface area (Å²) < 4.78 is 21.7. The number of nitrogens with zero attached hydrogens (tertiary/aromatic N) is 2. The molecule has 33 nitrogen and oxygen atoms in total. The Morgan fingerprint density at radius 2 is 1.32 bits per heavy atom. The van der Waals surface area contributed by atoms with Crippen LogP contribution in [-0.2, 0) is 33.6 Å². The van der Waals surface area contributed by atoms with Gasteiger partial charge in [-0.3, -0.25) is 43.5 Å². The number of phenolic OH excluding ortho intramolecular Hbond substituents is 2. The number of aliphatic imine (C=N–C) groups is 1. The fourth-order valence-corrected chi connectivity index (χ4v) is 17.3. The molecule has 4 aromatic carbocycles. The van der Waals surface area contributed by atoms with Crippen molar-refractivity contribution in [2.75, 3.05) is 30.3 Å². The van der Waals surface area contributed by atoms with Crippen molar-refractivity contribution in [1.82, 2.24) is 26.2 Å². The molecule has 0 spiro atoms. The number of aromatic carboxylic acids is 1. The van der Waals surface area contributed by atoms with Crippen LogP contribution in [0.3, 0.4) is 0 Å². The largest absolute Gasteiger partial charge is 0.872 e. The van der Waals surface area contributed by atoms with Gasteiger partial charge in [-0.05, 0) is 114 Å². The third-order valence-electron chi connectivity index (χ3n) is 19.0. The molecule has 0 radical (unpaired) electrons. The number of rotatable bonds is 19. The molecular formula is C82H59Cl2N6O27S3-5. The van der Waals surface area contributed by atoms with Gasteiger partial charge in [0.25, 0.3) is 17.7 Å². The minimum Gasteiger partial charge on any atom is -0.872 e. The van der Waals surface area contributed by atoms with E-state index in [9.17, 15) is 113 Å². The molecule has 0 saturated carbocycles. The number of halogens is 2. The molecule has 7 heterocycles. The van der Waals surface area contributed by atoms with Crippen molar-refractivity contribution < 1.29 is 112 Å². The van der Waals surface area contributed by atoms with Gasteiger partial charge in [-0.25, -0.2) is 14.4 Å². The number of fused-ring (bicyclic) bond motifs is 7. The van der Waals surface area contributed by atoms with Crippen molar-refractivity contribution in [3.05, 3.63) is 236 Å². The molecule has 15 rings (SSSR count). The van der Waals surface area contributed by atoms with Crippen LogP contribution in [0.5, 0.6) is 17.2 Å². The predicted octanol–water partition coefficient (Wildman–Crippen LogP) is 1.03. The number of aromatic hydroxyl groups is 2. The number of thioether (sulfide) groups is 3. The summed E-state index contributed by atoms with van der Waals surface area (Å²) in [7, 11) is 0. The number of hydrogen-bond donors (Lipinski definition) is 8. The maximum Gasteiger partial charge on any atom is 0.349 e. The van der Waals surface area contributed by atoms with E-state index >= 15 is 0 Å². The zero-order valence-corrected chi connectivity index (χ0v) is 64.8. The number of carboxylic acids is 5. The lowest BCUT2D eigenvalue weighted by molar-refractivity contribution is -0.310. The van der Waals surface area contributed by atoms with E-state index < -0.39 is 141 Å². The number of aliphatic hydroxyl groups is 1. The number of nitrogens with one attached hydrogen (secondary N) is 4. The minimum atomic E-state index is -1.73. The highest BCUT2D eigenvalue weighted by atomic mass is 35.5. The molecular weight excluding hydrogens is 1670 g/mol. The zero-order valence-electron chi connectivity index (χ0n) is 60.8. The molecule has 6 aromatic rings. The number of carboxylic acid groups (broad SMARTS) is 5. The second-order valence-corrected chi connectivity index (χ2v) is 31.1. The number of benzene rings is 6. The number of carbonyl (C=O) groups excluding carboxylic acids is 9. The highest BCUT2D eigenvalue weighted by Crippen LogP contribution is 2.47. The first-order valence-electron chi connectivity index (χ1n) is 35.1. The standard InChI is InChI=1S/C40H28ClN3O13S2.C21H16O5.C20H16ClN3O9S.CH4/c41-26-8-16-7-25(40(55)57-28(16)12-27(26)47)35(49)42-13-31(48)43-33-36(50)44-34(39(53)54)17(15-59-37(33)44)14-58-20-3-6-21(24(11-20)38(51)52)32-22-4-1-18(45)9-29(22)56-30-10-19(46)2-5-23(30)32;1-11-2-5-14(17(8-11)21(24)25)20-15-6-3-12(22)9-18(15)26-19-10-13(23)4-7-16(19)20;1-7-6-34-17(24-14(7)18(28)29)15(19(30)31)23-13(26)5-22-16(27)9-2-8-3-10(21)11(25)4-12(8)33-20(9)32;/h1-12,26-27,33,37,45,47H,13-15H2,(H,42,49)(H,43,48)(H,51,52)(H,53,54);2-7,9-10,17,22H,8H2,1H3,(H,24,25);2-4,15,17,25H,1,5-6H2,(H,22,27)(H,23,26)(H,28,29)(H,30,31);1H4/p-5. The van der Waals surface area contributed by atoms with Crippen LogP contribution in [0.4, 0.5) is 0 Å². The van der Waals surface area contributed by atoms with Gasteiger partial charge in [-0.1, -0.05) is 67.6 Å². The molecule has 0 bridgehead atoms. The molecule has 616 valence electrons. The third-order valence-corrected chi connectivity index (χ3v) is 23.3. The minimum absolute atomic E-state index is 0. The summed E-state index contributed by atoms with van der Waals surface area (Å²) >= 11 is 15.1. The van der Waals surface area contributed by atoms with Gasteiger partial charge in [0.05, 0.1) is 64.5 Å². The lowest BCUT2D eigenvalue weighted by Crippen LogP contribution is -2.71. The van der Waals surface area contributed by atoms with Crippen molar-refractivity contribution in [3.63, 3.8) is 0 Å². The van der Waals surface area contributed by atoms with E-state index in [2.05, 4.69) is 32.8 Å². The van der Waals surface area contributed by atoms with Crippen LogP contribution < -0.4 is 79.5 Å². The number of phenols is 2. The van der Waals surface area contributed by atoms with Gasteiger partial charge in [0.1, 0.15) is 79.1 Å². The van der Waals surface area contributed by atoms with Gasteiger partial charge in [0.2, 0.25) is 11.8 Å². The molecule has 7 atom stereocenters. The topological polar surface area (TPSA) is 551 Å². The fraction of sp³-hybridized carbons (Fsp3) is 0.183. The summed E-state index contributed by atoms with van der Waals surface area (Å²) in [6, 6.07) is 23.7. The Kier molecular flexibility index (Phi) is 25.3. The van der Waals surface area contributed by atoms with Gasteiger partial charge in [0, 0.05) is 102 Å². The van der Waals surface area contributed by atoms with Crippen molar-refractivity contribution in [2.45, 2.75) is 60.0 Å². The van der Waals surface area contributed by atoms with Crippen LogP contribution >= 0.6 is 58.5 Å². The van der Waals surface area contributed by atoms with Crippen LogP contribution in [-0.4, -0.2) is 155 Å². The van der Waals surface area contributed by atoms with E-state index in [0.717, 1.165) is 46.1 Å². The summed E-state index contributed by atoms with van der Waals surface area (Å²) in [5.74, 6) is -12.6. The summed E-state index contributed by atoms with van der Waals surface area (Å²) in [5, 5.41) is 106. The van der Waals surface area contributed by atoms with Crippen LogP contribution in [0.1, 0.15) is 57.4 Å². The molecule has 5 amide bonds. The second-order valence-electron chi connectivity index (χ2n) is 26.9. The lowest BCUT2D eigenvalue weighted by atomic mass is 9.80. The Morgan fingerprint density at radius 3 is 1.98 bits per heavy atom. The molecule has 7 unspecified atom stereocenters. The first-order valence-corrected chi connectivity index (χ1v) is 39.0. The Labute approximate surface area is 695 Å². The average Bonchev–Trinajstić information content (AvgIpc) is 0.743. The molecule has 9 aliphatic rings. The number of hydrogen-bond acceptors (Lipinski definition) is 30. The maximum absolute atomic E-state index is 13.3. The van der Waals surface area contributed by atoms with E-state index in [4.69, 9.17) is 40.9 Å². The highest BCUT2D eigenvalue weighted by molar-refractivity contribution is 8.01. The summed E-state index contributed by atoms with van der Waals surface area (Å²) in [5.41, 5.74) is 0.505. The van der Waals surface area contributed by atoms with E-state index in [1.54, 1.807) is 30.3 Å². The molecule has 5 aliphatic heterocycles. The molecule has 1 fully saturated rings. The normalized spacial score (nSPS) is 18.0. The summed E-state index contributed by atoms with van der Waals surface area (Å²) in [4.78, 5) is 177. The highest BCUT2D eigenvalue weighted by Gasteiger charge is 2.53. The second kappa shape index (κ2) is 35.3. The van der Waals surface area contributed by atoms with E-state index in [1.165, 1.54) is 103 Å². The summed E-state index contributed by atoms with van der Waals surface area (Å²) in [6.45, 7) is 4.00. The molecule has 8 N–H and O–H groups in total. The van der Waals surface area contributed by atoms with E-state index in [0.29, 0.717) is 72.1 Å². The smallest absolute Gasteiger partial charge is 0.349 e. The van der Waals surface area contributed by atoms with Crippen LogP contribution in [0.2, 0.25) is 5.02 Å². The van der Waals surface area contributed by atoms with E-state index in [-0.39, 0.29) is 108 Å². The quantitative estimate of drug-likeness (QED) is 0.0184. The molecule has 120 heavy (non-hydrogen) atoms. The fourth-order valence-electron chi connectivity index (χ4n) is 13.4. The van der Waals surface area contributed by atoms with Crippen molar-refractivity contribution in [1.29, 1.82) is 0 Å². The number of aliphatic carboxylic acids is 4. The zero-order chi connectivity index (χ0) is 85.4. The van der Waals surface area contributed by atoms with Crippen LogP contribution in [0.25, 0.3) is 84.4 Å². The Morgan fingerprint density at radius 1 is 0.692 bits per heavy atom. The van der Waals surface area contributed by atoms with Crippen molar-refractivity contribution in [2.24, 2.45) is 10.9 Å². The summed E-state index contributed by atoms with van der Waals surface area (Å²) in [6.07, 6.45) is 5.58. The molecule has 2 aromatic heterocycles. The van der Waals surface area contributed by atoms with Gasteiger partial charge in [-0.2, -0.15) is 0 Å². The Hall–Kier alpha value is -13.5. The van der Waals surface area contributed by atoms with Crippen molar-refractivity contribution in [3.8, 4) is 51.0 Å². The Bertz CT molecular complexity index is 6550. The van der Waals surface area contributed by atoms with E-state index in [1.807, 2.05) is 13.0 Å². The van der Waals surface area contributed by atoms with Gasteiger partial charge >= 0.3 is 17.2 Å². The molecule has 38 heteroatoms. The number of alkyl halides is 1. The van der Waals surface area contributed by atoms with Crippen molar-refractivity contribution >= 4 is 174 Å². The first-order chi connectivity index (χ1) is 56.6. The Balaban J connectivity index is 0.000000182. The lowest BCUT2D eigenvalue weighted by Gasteiger charge is -2.50. The van der Waals surface area contributed by atoms with Crippen LogP contribution in [0.15, 0.2) is 203 Å². The number of aliphatic hydroxyl groups excluding tert-OH is 1. The monoisotopic (exact) mass is 1730 g/mol. The molecule has 1 saturated heterocycles. The maximum atomic E-state index is 13.3. The SMILES string of the molecule is C.C=C1CSC(C(NC(=O)CNC(=O)c2cc3cc(Cl)c(O)cc3oc2=O)C(=O)[O-])N=C1C(=O)[O-].CC1=CC=C(c2c3ccc(=O)cc-3oc3cc(O)ccc23)C(C(=O)[O-])C1.O=C(CNC(=O)c1cc2c(oc1=O)=CC(O)C(Cl)C=2)NC1C(=O)N2C(C(=O)[O-])=C(CSc3ccc(-c4c5ccc(=O)cc-5oc5cc([O-])ccc45)c(C(=O)O)c3)CSC12.